The Bertz CT molecular complexity index is 526. The van der Waals surface area contributed by atoms with Gasteiger partial charge in [0.2, 0.25) is 0 Å². The number of hydrogen-bond acceptors (Lipinski definition) is 5. The fourth-order valence-corrected chi connectivity index (χ4v) is 5.20. The molecule has 9 heteroatoms. The zero-order chi connectivity index (χ0) is 13.2. The fraction of sp³-hybridized carbons (Fsp3) is 0.625. The number of halogens is 1. The van der Waals surface area contributed by atoms with Gasteiger partial charge in [-0.3, -0.25) is 4.21 Å². The first-order chi connectivity index (χ1) is 7.72. The van der Waals surface area contributed by atoms with E-state index < -0.39 is 26.9 Å². The van der Waals surface area contributed by atoms with E-state index in [0.717, 1.165) is 11.3 Å². The van der Waals surface area contributed by atoms with E-state index in [9.17, 15) is 12.6 Å². The van der Waals surface area contributed by atoms with Crippen molar-refractivity contribution in [3.05, 3.63) is 10.2 Å². The lowest BCUT2D eigenvalue weighted by Crippen LogP contribution is -2.36. The third-order valence-electron chi connectivity index (χ3n) is 1.81. The highest BCUT2D eigenvalue weighted by atomic mass is 35.5. The summed E-state index contributed by atoms with van der Waals surface area (Å²) >= 11 is 6.57. The van der Waals surface area contributed by atoms with E-state index >= 15 is 0 Å². The Morgan fingerprint density at radius 3 is 2.59 bits per heavy atom. The number of hydrogen-bond donors (Lipinski definition) is 1. The second kappa shape index (κ2) is 5.75. The molecule has 0 saturated heterocycles. The minimum Gasteiger partial charge on any atom is -0.260 e. The second-order valence-corrected chi connectivity index (χ2v) is 8.57. The molecule has 1 heterocycles. The lowest BCUT2D eigenvalue weighted by Gasteiger charge is -2.11. The van der Waals surface area contributed by atoms with Crippen LogP contribution in [0, 0.1) is 6.92 Å². The van der Waals surface area contributed by atoms with E-state index in [4.69, 9.17) is 11.6 Å². The molecule has 98 valence electrons. The third kappa shape index (κ3) is 4.29. The zero-order valence-electron chi connectivity index (χ0n) is 9.56. The van der Waals surface area contributed by atoms with Crippen LogP contribution >= 0.6 is 22.9 Å². The van der Waals surface area contributed by atoms with Gasteiger partial charge in [0.15, 0.2) is 8.68 Å². The summed E-state index contributed by atoms with van der Waals surface area (Å²) in [5.41, 5.74) is 0.373. The summed E-state index contributed by atoms with van der Waals surface area (Å²) in [7, 11) is -4.68. The average Bonchev–Trinajstić information content (AvgIpc) is 2.42. The molecule has 2 atom stereocenters. The van der Waals surface area contributed by atoms with Crippen LogP contribution in [0.3, 0.4) is 0 Å². The van der Waals surface area contributed by atoms with E-state index in [2.05, 4.69) is 9.71 Å². The number of aryl methyl sites for hydroxylation is 1. The van der Waals surface area contributed by atoms with E-state index in [1.807, 2.05) is 0 Å². The van der Waals surface area contributed by atoms with Crippen molar-refractivity contribution < 1.29 is 12.6 Å². The Morgan fingerprint density at radius 1 is 1.59 bits per heavy atom. The van der Waals surface area contributed by atoms with Gasteiger partial charge in [-0.15, -0.1) is 0 Å². The maximum Gasteiger partial charge on any atom is 0.252 e. The topological polar surface area (TPSA) is 76.1 Å². The predicted octanol–water partition coefficient (Wildman–Crippen LogP) is 1.15. The van der Waals surface area contributed by atoms with Gasteiger partial charge in [-0.25, -0.2) is 18.1 Å². The van der Waals surface area contributed by atoms with Gasteiger partial charge in [0.25, 0.3) is 10.0 Å². The van der Waals surface area contributed by atoms with E-state index in [1.54, 1.807) is 13.8 Å². The van der Waals surface area contributed by atoms with Crippen LogP contribution in [0.25, 0.3) is 0 Å². The first kappa shape index (κ1) is 15.0. The quantitative estimate of drug-likeness (QED) is 0.884. The van der Waals surface area contributed by atoms with Crippen molar-refractivity contribution >= 4 is 43.8 Å². The van der Waals surface area contributed by atoms with Crippen LogP contribution in [0.15, 0.2) is 4.21 Å². The SMILES string of the molecule is Cc1nc(Cl)sc1S(=O)(=O)NC(C)CS(C)=O. The van der Waals surface area contributed by atoms with E-state index in [-0.39, 0.29) is 14.4 Å². The standard InChI is InChI=1S/C8H13ClN2O3S3/c1-5(4-16(3)12)11-17(13,14)7-6(2)10-8(9)15-7/h5,11H,4H2,1-3H3. The molecule has 2 unspecified atom stereocenters. The van der Waals surface area contributed by atoms with Crippen LogP contribution in [0.1, 0.15) is 12.6 Å². The summed E-state index contributed by atoms with van der Waals surface area (Å²) in [6, 6.07) is -0.397. The smallest absolute Gasteiger partial charge is 0.252 e. The van der Waals surface area contributed by atoms with Crippen molar-refractivity contribution in [2.75, 3.05) is 12.0 Å². The molecule has 17 heavy (non-hydrogen) atoms. The molecule has 0 aliphatic rings. The molecule has 0 bridgehead atoms. The highest BCUT2D eigenvalue weighted by Crippen LogP contribution is 2.26. The number of aromatic nitrogens is 1. The molecule has 0 radical (unpaired) electrons. The molecule has 0 aromatic carbocycles. The van der Waals surface area contributed by atoms with Gasteiger partial charge >= 0.3 is 0 Å². The van der Waals surface area contributed by atoms with Gasteiger partial charge in [-0.1, -0.05) is 22.9 Å². The van der Waals surface area contributed by atoms with Gasteiger partial charge < -0.3 is 0 Å². The minimum absolute atomic E-state index is 0.108. The first-order valence-corrected chi connectivity index (χ1v) is 9.08. The molecule has 1 rings (SSSR count). The Hall–Kier alpha value is -0.0200. The fourth-order valence-electron chi connectivity index (χ4n) is 1.30. The summed E-state index contributed by atoms with van der Waals surface area (Å²) in [4.78, 5) is 3.85. The van der Waals surface area contributed by atoms with Crippen molar-refractivity contribution in [3.8, 4) is 0 Å². The average molecular weight is 317 g/mol. The summed E-state index contributed by atoms with van der Waals surface area (Å²) < 4.78 is 37.7. The largest absolute Gasteiger partial charge is 0.260 e. The van der Waals surface area contributed by atoms with Gasteiger partial charge in [0.05, 0.1) is 5.69 Å². The third-order valence-corrected chi connectivity index (χ3v) is 6.24. The molecule has 0 aliphatic heterocycles. The van der Waals surface area contributed by atoms with Crippen LogP contribution in [0.2, 0.25) is 4.47 Å². The summed E-state index contributed by atoms with van der Waals surface area (Å²) in [6.07, 6.45) is 1.53. The lowest BCUT2D eigenvalue weighted by atomic mass is 10.4. The van der Waals surface area contributed by atoms with Crippen molar-refractivity contribution in [2.45, 2.75) is 24.1 Å². The molecule has 5 nitrogen and oxygen atoms in total. The summed E-state index contributed by atoms with van der Waals surface area (Å²) in [6.45, 7) is 3.25. The molecular weight excluding hydrogens is 304 g/mol. The van der Waals surface area contributed by atoms with Crippen LogP contribution in [0.4, 0.5) is 0 Å². The van der Waals surface area contributed by atoms with Crippen LogP contribution < -0.4 is 4.72 Å². The van der Waals surface area contributed by atoms with Crippen molar-refractivity contribution in [2.24, 2.45) is 0 Å². The number of nitrogens with one attached hydrogen (secondary N) is 1. The van der Waals surface area contributed by atoms with Crippen LogP contribution in [-0.4, -0.2) is 35.7 Å². The lowest BCUT2D eigenvalue weighted by molar-refractivity contribution is 0.571. The predicted molar refractivity (Wildman–Crippen MR) is 70.6 cm³/mol. The molecule has 0 amide bonds. The Morgan fingerprint density at radius 2 is 2.18 bits per heavy atom. The number of nitrogens with zero attached hydrogens (tertiary/aromatic N) is 1. The molecule has 0 spiro atoms. The zero-order valence-corrected chi connectivity index (χ0v) is 12.8. The number of thiazole rings is 1. The Labute approximate surface area is 112 Å². The molecule has 0 saturated carbocycles. The van der Waals surface area contributed by atoms with Crippen molar-refractivity contribution in [3.63, 3.8) is 0 Å². The normalized spacial score (nSPS) is 15.8. The minimum atomic E-state index is -3.63. The second-order valence-electron chi connectivity index (χ2n) is 3.60. The van der Waals surface area contributed by atoms with Gasteiger partial charge in [0.1, 0.15) is 0 Å². The maximum atomic E-state index is 12.0. The number of sulfonamides is 1. The Kier molecular flexibility index (Phi) is 5.08. The molecule has 1 aromatic heterocycles. The first-order valence-electron chi connectivity index (χ1n) is 4.67. The Balaban J connectivity index is 2.89. The summed E-state index contributed by atoms with van der Waals surface area (Å²) in [5.74, 6) is 0.269. The van der Waals surface area contributed by atoms with Crippen LogP contribution in [-0.2, 0) is 20.8 Å². The van der Waals surface area contributed by atoms with Crippen molar-refractivity contribution in [1.82, 2.24) is 9.71 Å². The molecule has 1 N–H and O–H groups in total. The highest BCUT2D eigenvalue weighted by Gasteiger charge is 2.23. The van der Waals surface area contributed by atoms with E-state index in [1.165, 1.54) is 6.26 Å². The molecule has 1 aromatic rings. The van der Waals surface area contributed by atoms with Gasteiger partial charge in [-0.2, -0.15) is 0 Å². The van der Waals surface area contributed by atoms with Crippen LogP contribution in [0.5, 0.6) is 0 Å². The molecule has 0 fully saturated rings. The van der Waals surface area contributed by atoms with E-state index in [0.29, 0.717) is 5.69 Å². The monoisotopic (exact) mass is 316 g/mol. The molecular formula is C8H13ClN2O3S3. The van der Waals surface area contributed by atoms with Gasteiger partial charge in [0, 0.05) is 28.9 Å². The maximum absolute atomic E-state index is 12.0. The number of rotatable bonds is 5. The van der Waals surface area contributed by atoms with Crippen molar-refractivity contribution in [1.29, 1.82) is 0 Å². The molecule has 0 aliphatic carbocycles. The van der Waals surface area contributed by atoms with Gasteiger partial charge in [-0.05, 0) is 13.8 Å². The summed E-state index contributed by atoms with van der Waals surface area (Å²) in [5, 5.41) is 0. The highest BCUT2D eigenvalue weighted by molar-refractivity contribution is 7.91.